The van der Waals surface area contributed by atoms with Crippen molar-refractivity contribution in [1.82, 2.24) is 5.32 Å². The molecule has 0 aliphatic carbocycles. The van der Waals surface area contributed by atoms with Gasteiger partial charge in [0.2, 0.25) is 5.91 Å². The lowest BCUT2D eigenvalue weighted by atomic mass is 9.81. The lowest BCUT2D eigenvalue weighted by molar-refractivity contribution is -0.130. The zero-order valence-electron chi connectivity index (χ0n) is 12.4. The van der Waals surface area contributed by atoms with Crippen LogP contribution in [0.25, 0.3) is 0 Å². The molecule has 0 aliphatic heterocycles. The van der Waals surface area contributed by atoms with Gasteiger partial charge in [0, 0.05) is 5.41 Å². The Bertz CT molecular complexity index is 395. The Morgan fingerprint density at radius 3 is 1.89 bits per heavy atom. The molecule has 0 radical (unpaired) electrons. The average Bonchev–Trinajstić information content (AvgIpc) is 2.23. The van der Waals surface area contributed by atoms with E-state index in [-0.39, 0.29) is 22.8 Å². The number of carbonyl (C=O) groups is 1. The molecule has 0 fully saturated rings. The normalized spacial score (nSPS) is 14.1. The van der Waals surface area contributed by atoms with E-state index in [1.165, 1.54) is 0 Å². The molecule has 0 aliphatic rings. The van der Waals surface area contributed by atoms with Crippen LogP contribution in [0.2, 0.25) is 0 Å². The molecule has 0 heterocycles. The van der Waals surface area contributed by atoms with Crippen molar-refractivity contribution in [3.63, 3.8) is 0 Å². The third-order valence-electron chi connectivity index (χ3n) is 2.96. The van der Waals surface area contributed by atoms with Crippen LogP contribution < -0.4 is 5.32 Å². The SMILES string of the molecule is CC(C)(C)C(=O)NC(c1ccccc1)C(C)(C)C. The Balaban J connectivity index is 2.99. The molecule has 100 valence electrons. The van der Waals surface area contributed by atoms with Crippen LogP contribution in [0.5, 0.6) is 0 Å². The molecule has 0 aromatic heterocycles. The third kappa shape index (κ3) is 3.86. The van der Waals surface area contributed by atoms with Crippen LogP contribution in [0, 0.1) is 10.8 Å². The van der Waals surface area contributed by atoms with Crippen molar-refractivity contribution in [3.05, 3.63) is 35.9 Å². The van der Waals surface area contributed by atoms with Gasteiger partial charge in [-0.25, -0.2) is 0 Å². The molecule has 1 N–H and O–H groups in total. The van der Waals surface area contributed by atoms with Gasteiger partial charge in [-0.1, -0.05) is 71.9 Å². The summed E-state index contributed by atoms with van der Waals surface area (Å²) in [6.45, 7) is 12.3. The summed E-state index contributed by atoms with van der Waals surface area (Å²) in [5.74, 6) is 0.0891. The van der Waals surface area contributed by atoms with E-state index in [1.54, 1.807) is 0 Å². The summed E-state index contributed by atoms with van der Waals surface area (Å²) in [6.07, 6.45) is 0. The molecule has 0 bridgehead atoms. The highest BCUT2D eigenvalue weighted by atomic mass is 16.2. The Morgan fingerprint density at radius 1 is 1.00 bits per heavy atom. The maximum absolute atomic E-state index is 12.2. The van der Waals surface area contributed by atoms with Crippen molar-refractivity contribution < 1.29 is 4.79 Å². The van der Waals surface area contributed by atoms with Gasteiger partial charge in [0.1, 0.15) is 0 Å². The summed E-state index contributed by atoms with van der Waals surface area (Å²) in [5.41, 5.74) is 0.781. The van der Waals surface area contributed by atoms with E-state index in [2.05, 4.69) is 38.2 Å². The third-order valence-corrected chi connectivity index (χ3v) is 2.96. The maximum Gasteiger partial charge on any atom is 0.225 e. The summed E-state index contributed by atoms with van der Waals surface area (Å²) in [5, 5.41) is 3.17. The molecule has 1 atom stereocenters. The highest BCUT2D eigenvalue weighted by Crippen LogP contribution is 2.33. The molecule has 18 heavy (non-hydrogen) atoms. The first-order valence-corrected chi connectivity index (χ1v) is 6.48. The molecule has 2 nitrogen and oxygen atoms in total. The highest BCUT2D eigenvalue weighted by molar-refractivity contribution is 5.81. The number of hydrogen-bond acceptors (Lipinski definition) is 1. The van der Waals surface area contributed by atoms with E-state index < -0.39 is 0 Å². The zero-order chi connectivity index (χ0) is 14.0. The van der Waals surface area contributed by atoms with Crippen LogP contribution in [0.15, 0.2) is 30.3 Å². The minimum absolute atomic E-state index is 0.0116. The summed E-state index contributed by atoms with van der Waals surface area (Å²) in [7, 11) is 0. The van der Waals surface area contributed by atoms with Gasteiger partial charge in [0.05, 0.1) is 6.04 Å². The van der Waals surface area contributed by atoms with E-state index >= 15 is 0 Å². The number of amides is 1. The molecular weight excluding hydrogens is 222 g/mol. The first-order valence-electron chi connectivity index (χ1n) is 6.48. The van der Waals surface area contributed by atoms with Gasteiger partial charge in [-0.05, 0) is 11.0 Å². The molecule has 2 heteroatoms. The number of benzene rings is 1. The Hall–Kier alpha value is -1.31. The van der Waals surface area contributed by atoms with Gasteiger partial charge in [0.15, 0.2) is 0 Å². The van der Waals surface area contributed by atoms with Gasteiger partial charge < -0.3 is 5.32 Å². The molecule has 1 aromatic carbocycles. The molecule has 1 aromatic rings. The van der Waals surface area contributed by atoms with Crippen molar-refractivity contribution in [2.75, 3.05) is 0 Å². The predicted molar refractivity (Wildman–Crippen MR) is 76.2 cm³/mol. The van der Waals surface area contributed by atoms with Gasteiger partial charge in [-0.15, -0.1) is 0 Å². The average molecular weight is 247 g/mol. The predicted octanol–water partition coefficient (Wildman–Crippen LogP) is 3.94. The molecule has 0 saturated heterocycles. The van der Waals surface area contributed by atoms with Gasteiger partial charge >= 0.3 is 0 Å². The molecule has 1 rings (SSSR count). The molecular formula is C16H25NO. The second kappa shape index (κ2) is 5.13. The largest absolute Gasteiger partial charge is 0.348 e. The van der Waals surface area contributed by atoms with Crippen molar-refractivity contribution in [2.45, 2.75) is 47.6 Å². The topological polar surface area (TPSA) is 29.1 Å². The number of rotatable bonds is 2. The number of hydrogen-bond donors (Lipinski definition) is 1. The fraction of sp³-hybridized carbons (Fsp3) is 0.562. The molecule has 0 spiro atoms. The van der Waals surface area contributed by atoms with Crippen molar-refractivity contribution in [3.8, 4) is 0 Å². The Labute approximate surface area is 111 Å². The van der Waals surface area contributed by atoms with E-state index in [9.17, 15) is 4.79 Å². The lowest BCUT2D eigenvalue weighted by Crippen LogP contribution is -2.42. The van der Waals surface area contributed by atoms with Gasteiger partial charge in [-0.3, -0.25) is 4.79 Å². The second-order valence-corrected chi connectivity index (χ2v) is 6.93. The van der Waals surface area contributed by atoms with Crippen LogP contribution in [0.3, 0.4) is 0 Å². The number of carbonyl (C=O) groups excluding carboxylic acids is 1. The molecule has 1 unspecified atom stereocenters. The first-order chi connectivity index (χ1) is 8.12. The zero-order valence-corrected chi connectivity index (χ0v) is 12.4. The summed E-state index contributed by atoms with van der Waals surface area (Å²) >= 11 is 0. The monoisotopic (exact) mass is 247 g/mol. The van der Waals surface area contributed by atoms with Crippen LogP contribution in [0.4, 0.5) is 0 Å². The summed E-state index contributed by atoms with van der Waals surface area (Å²) < 4.78 is 0. The van der Waals surface area contributed by atoms with Gasteiger partial charge in [0.25, 0.3) is 0 Å². The lowest BCUT2D eigenvalue weighted by Gasteiger charge is -2.34. The van der Waals surface area contributed by atoms with Crippen molar-refractivity contribution in [1.29, 1.82) is 0 Å². The fourth-order valence-corrected chi connectivity index (χ4v) is 1.79. The minimum Gasteiger partial charge on any atom is -0.348 e. The maximum atomic E-state index is 12.2. The minimum atomic E-state index is -0.363. The first kappa shape index (κ1) is 14.7. The van der Waals surface area contributed by atoms with Gasteiger partial charge in [-0.2, -0.15) is 0 Å². The smallest absolute Gasteiger partial charge is 0.225 e. The van der Waals surface area contributed by atoms with E-state index in [1.807, 2.05) is 39.0 Å². The van der Waals surface area contributed by atoms with Crippen molar-refractivity contribution >= 4 is 5.91 Å². The van der Waals surface area contributed by atoms with Crippen LogP contribution in [-0.2, 0) is 4.79 Å². The van der Waals surface area contributed by atoms with Crippen LogP contribution in [-0.4, -0.2) is 5.91 Å². The fourth-order valence-electron chi connectivity index (χ4n) is 1.79. The standard InChI is InChI=1S/C16H25NO/c1-15(2,3)13(12-10-8-7-9-11-12)17-14(18)16(4,5)6/h7-11,13H,1-6H3,(H,17,18). The van der Waals surface area contributed by atoms with E-state index in [0.29, 0.717) is 0 Å². The van der Waals surface area contributed by atoms with Crippen LogP contribution in [0.1, 0.15) is 53.1 Å². The Kier molecular flexibility index (Phi) is 4.20. The summed E-state index contributed by atoms with van der Waals surface area (Å²) in [4.78, 5) is 12.2. The quantitative estimate of drug-likeness (QED) is 0.842. The molecule has 0 saturated carbocycles. The van der Waals surface area contributed by atoms with E-state index in [0.717, 1.165) is 5.56 Å². The summed E-state index contributed by atoms with van der Waals surface area (Å²) in [6, 6.07) is 10.2. The van der Waals surface area contributed by atoms with Crippen LogP contribution >= 0.6 is 0 Å². The van der Waals surface area contributed by atoms with Crippen molar-refractivity contribution in [2.24, 2.45) is 10.8 Å². The molecule has 1 amide bonds. The second-order valence-electron chi connectivity index (χ2n) is 6.93. The highest BCUT2D eigenvalue weighted by Gasteiger charge is 2.31. The Morgan fingerprint density at radius 2 is 1.50 bits per heavy atom. The number of nitrogens with one attached hydrogen (secondary N) is 1. The van der Waals surface area contributed by atoms with E-state index in [4.69, 9.17) is 0 Å².